The van der Waals surface area contributed by atoms with Gasteiger partial charge in [0.15, 0.2) is 0 Å². The van der Waals surface area contributed by atoms with Gasteiger partial charge in [0.2, 0.25) is 0 Å². The van der Waals surface area contributed by atoms with Crippen LogP contribution in [0.1, 0.15) is 24.6 Å². The summed E-state index contributed by atoms with van der Waals surface area (Å²) in [6, 6.07) is 0. The van der Waals surface area contributed by atoms with Crippen molar-refractivity contribution in [3.63, 3.8) is 0 Å². The minimum Gasteiger partial charge on any atom is -0.269 e. The fraction of sp³-hybridized carbons (Fsp3) is 0.714. The molecule has 2 rings (SSSR count). The van der Waals surface area contributed by atoms with Crippen LogP contribution >= 0.6 is 0 Å². The Morgan fingerprint density at radius 3 is 2.83 bits per heavy atom. The Labute approximate surface area is 70.9 Å². The molecule has 12 heavy (non-hydrogen) atoms. The molecule has 1 saturated heterocycles. The molecule has 0 spiro atoms. The van der Waals surface area contributed by atoms with E-state index >= 15 is 0 Å². The quantitative estimate of drug-likeness (QED) is 0.571. The second kappa shape index (κ2) is 3.20. The van der Waals surface area contributed by atoms with Gasteiger partial charge >= 0.3 is 0 Å². The lowest BCUT2D eigenvalue weighted by Crippen LogP contribution is -2.38. The van der Waals surface area contributed by atoms with Crippen molar-refractivity contribution in [3.05, 3.63) is 12.2 Å². The Balaban J connectivity index is 1.99. The summed E-state index contributed by atoms with van der Waals surface area (Å²) >= 11 is 0. The van der Waals surface area contributed by atoms with E-state index in [9.17, 15) is 0 Å². The van der Waals surface area contributed by atoms with Crippen LogP contribution in [0.2, 0.25) is 0 Å². The molecule has 1 aromatic rings. The highest BCUT2D eigenvalue weighted by Gasteiger charge is 2.20. The zero-order chi connectivity index (χ0) is 8.39. The van der Waals surface area contributed by atoms with Gasteiger partial charge < -0.3 is 0 Å². The highest BCUT2D eigenvalue weighted by atomic mass is 15.4. The molecular formula is C7H13N5. The molecule has 3 N–H and O–H groups in total. The monoisotopic (exact) mass is 167 g/mol. The molecule has 1 aliphatic rings. The second-order valence-electron chi connectivity index (χ2n) is 3.18. The second-order valence-corrected chi connectivity index (χ2v) is 3.18. The molecule has 5 nitrogen and oxygen atoms in total. The van der Waals surface area contributed by atoms with Gasteiger partial charge in [-0.25, -0.2) is 9.99 Å². The van der Waals surface area contributed by atoms with Crippen molar-refractivity contribution in [3.8, 4) is 0 Å². The predicted molar refractivity (Wildman–Crippen MR) is 44.1 cm³/mol. The van der Waals surface area contributed by atoms with Crippen molar-refractivity contribution in [1.29, 1.82) is 0 Å². The maximum atomic E-state index is 5.64. The van der Waals surface area contributed by atoms with E-state index in [4.69, 9.17) is 5.84 Å². The summed E-state index contributed by atoms with van der Waals surface area (Å²) in [7, 11) is 0. The highest BCUT2D eigenvalue weighted by Crippen LogP contribution is 2.23. The topological polar surface area (TPSA) is 70.8 Å². The maximum absolute atomic E-state index is 5.64. The van der Waals surface area contributed by atoms with Crippen LogP contribution in [0.15, 0.2) is 6.33 Å². The summed E-state index contributed by atoms with van der Waals surface area (Å²) in [5, 5.41) is 8.59. The number of piperidine rings is 1. The first-order valence-corrected chi connectivity index (χ1v) is 4.21. The van der Waals surface area contributed by atoms with E-state index in [2.05, 4.69) is 15.2 Å². The van der Waals surface area contributed by atoms with E-state index in [1.807, 2.05) is 5.01 Å². The molecule has 0 bridgehead atoms. The van der Waals surface area contributed by atoms with E-state index in [0.29, 0.717) is 5.92 Å². The van der Waals surface area contributed by atoms with Crippen LogP contribution < -0.4 is 5.84 Å². The molecule has 0 saturated carbocycles. The zero-order valence-corrected chi connectivity index (χ0v) is 6.90. The van der Waals surface area contributed by atoms with Crippen molar-refractivity contribution in [2.75, 3.05) is 13.1 Å². The SMILES string of the molecule is NN1CCC(c2ncn[nH]2)CC1. The molecule has 0 amide bonds. The van der Waals surface area contributed by atoms with Crippen LogP contribution in [-0.4, -0.2) is 33.3 Å². The summed E-state index contributed by atoms with van der Waals surface area (Å²) in [6.07, 6.45) is 3.71. The van der Waals surface area contributed by atoms with E-state index < -0.39 is 0 Å². The highest BCUT2D eigenvalue weighted by molar-refractivity contribution is 4.95. The van der Waals surface area contributed by atoms with E-state index in [0.717, 1.165) is 31.8 Å². The lowest BCUT2D eigenvalue weighted by atomic mass is 9.97. The van der Waals surface area contributed by atoms with Gasteiger partial charge in [0.25, 0.3) is 0 Å². The average molecular weight is 167 g/mol. The molecule has 2 heterocycles. The molecule has 1 aliphatic heterocycles. The first-order valence-electron chi connectivity index (χ1n) is 4.21. The lowest BCUT2D eigenvalue weighted by Gasteiger charge is -2.26. The van der Waals surface area contributed by atoms with Gasteiger partial charge in [0, 0.05) is 19.0 Å². The van der Waals surface area contributed by atoms with Crippen molar-refractivity contribution >= 4 is 0 Å². The predicted octanol–water partition coefficient (Wildman–Crippen LogP) is -0.142. The molecular weight excluding hydrogens is 154 g/mol. The average Bonchev–Trinajstić information content (AvgIpc) is 2.58. The number of H-pyrrole nitrogens is 1. The van der Waals surface area contributed by atoms with Crippen LogP contribution in [0.4, 0.5) is 0 Å². The first-order chi connectivity index (χ1) is 5.86. The van der Waals surface area contributed by atoms with Gasteiger partial charge in [-0.3, -0.25) is 10.9 Å². The molecule has 5 heteroatoms. The minimum atomic E-state index is 0.521. The van der Waals surface area contributed by atoms with Crippen molar-refractivity contribution in [1.82, 2.24) is 20.2 Å². The molecule has 66 valence electrons. The van der Waals surface area contributed by atoms with E-state index in [1.54, 1.807) is 6.33 Å². The standard InChI is InChI=1S/C7H13N5/c8-12-3-1-6(2-4-12)7-9-5-10-11-7/h5-6H,1-4,8H2,(H,9,10,11). The van der Waals surface area contributed by atoms with Crippen molar-refractivity contribution < 1.29 is 0 Å². The van der Waals surface area contributed by atoms with Crippen molar-refractivity contribution in [2.24, 2.45) is 5.84 Å². The van der Waals surface area contributed by atoms with Crippen LogP contribution in [0.25, 0.3) is 0 Å². The van der Waals surface area contributed by atoms with Crippen LogP contribution in [0, 0.1) is 0 Å². The smallest absolute Gasteiger partial charge is 0.137 e. The molecule has 0 aromatic carbocycles. The Kier molecular flexibility index (Phi) is 2.05. The van der Waals surface area contributed by atoms with Crippen LogP contribution in [-0.2, 0) is 0 Å². The maximum Gasteiger partial charge on any atom is 0.137 e. The number of hydrogen-bond acceptors (Lipinski definition) is 4. The molecule has 0 unspecified atom stereocenters. The summed E-state index contributed by atoms with van der Waals surface area (Å²) in [4.78, 5) is 4.14. The largest absolute Gasteiger partial charge is 0.269 e. The number of rotatable bonds is 1. The Hall–Kier alpha value is -0.940. The summed E-state index contributed by atoms with van der Waals surface area (Å²) in [5.74, 6) is 7.16. The van der Waals surface area contributed by atoms with Crippen LogP contribution in [0.5, 0.6) is 0 Å². The molecule has 0 radical (unpaired) electrons. The minimum absolute atomic E-state index is 0.521. The number of nitrogens with two attached hydrogens (primary N) is 1. The molecule has 1 fully saturated rings. The number of hydrogen-bond donors (Lipinski definition) is 2. The van der Waals surface area contributed by atoms with Gasteiger partial charge in [0.05, 0.1) is 0 Å². The molecule has 0 atom stereocenters. The fourth-order valence-electron chi connectivity index (χ4n) is 1.58. The number of nitrogens with zero attached hydrogens (tertiary/aromatic N) is 3. The normalized spacial score (nSPS) is 21.4. The fourth-order valence-corrected chi connectivity index (χ4v) is 1.58. The van der Waals surface area contributed by atoms with Gasteiger partial charge in [0.1, 0.15) is 12.2 Å². The lowest BCUT2D eigenvalue weighted by molar-refractivity contribution is 0.214. The third kappa shape index (κ3) is 1.46. The number of hydrazine groups is 1. The van der Waals surface area contributed by atoms with Gasteiger partial charge in [-0.05, 0) is 12.8 Å². The molecule has 1 aromatic heterocycles. The summed E-state index contributed by atoms with van der Waals surface area (Å²) in [5.41, 5.74) is 0. The van der Waals surface area contributed by atoms with Gasteiger partial charge in [-0.2, -0.15) is 5.10 Å². The number of aromatic amines is 1. The number of nitrogens with one attached hydrogen (secondary N) is 1. The first kappa shape index (κ1) is 7.70. The number of aromatic nitrogens is 3. The summed E-state index contributed by atoms with van der Waals surface area (Å²) < 4.78 is 0. The molecule has 0 aliphatic carbocycles. The zero-order valence-electron chi connectivity index (χ0n) is 6.90. The Morgan fingerprint density at radius 1 is 1.50 bits per heavy atom. The van der Waals surface area contributed by atoms with Crippen molar-refractivity contribution in [2.45, 2.75) is 18.8 Å². The van der Waals surface area contributed by atoms with Gasteiger partial charge in [-0.15, -0.1) is 0 Å². The third-order valence-electron chi connectivity index (χ3n) is 2.35. The third-order valence-corrected chi connectivity index (χ3v) is 2.35. The Bertz CT molecular complexity index is 224. The summed E-state index contributed by atoms with van der Waals surface area (Å²) in [6.45, 7) is 1.90. The Morgan fingerprint density at radius 2 is 2.25 bits per heavy atom. The van der Waals surface area contributed by atoms with E-state index in [1.165, 1.54) is 0 Å². The van der Waals surface area contributed by atoms with E-state index in [-0.39, 0.29) is 0 Å². The van der Waals surface area contributed by atoms with Crippen LogP contribution in [0.3, 0.4) is 0 Å². The van der Waals surface area contributed by atoms with Gasteiger partial charge in [-0.1, -0.05) is 0 Å².